The molecule has 0 spiro atoms. The lowest BCUT2D eigenvalue weighted by atomic mass is 10.5. The Balaban J connectivity index is 2.85. The summed E-state index contributed by atoms with van der Waals surface area (Å²) >= 11 is 0. The van der Waals surface area contributed by atoms with Gasteiger partial charge in [-0.2, -0.15) is 4.98 Å². The van der Waals surface area contributed by atoms with Crippen molar-refractivity contribution in [2.75, 3.05) is 24.3 Å². The molecule has 6 nitrogen and oxygen atoms in total. The molecule has 1 heterocycles. The molecule has 0 fully saturated rings. The predicted molar refractivity (Wildman–Crippen MR) is 49.6 cm³/mol. The molecule has 0 aliphatic carbocycles. The molecule has 0 atom stereocenters. The highest BCUT2D eigenvalue weighted by Gasteiger charge is 2.01. The third-order valence-corrected chi connectivity index (χ3v) is 1.29. The highest BCUT2D eigenvalue weighted by Crippen LogP contribution is 2.06. The molecule has 2 amide bonds. The van der Waals surface area contributed by atoms with Gasteiger partial charge < -0.3 is 10.6 Å². The summed E-state index contributed by atoms with van der Waals surface area (Å²) < 4.78 is 0. The van der Waals surface area contributed by atoms with Gasteiger partial charge >= 0.3 is 6.03 Å². The van der Waals surface area contributed by atoms with Gasteiger partial charge in [0.05, 0.1) is 0 Å². The summed E-state index contributed by atoms with van der Waals surface area (Å²) in [5.41, 5.74) is 4.93. The maximum Gasteiger partial charge on any atom is 0.317 e. The van der Waals surface area contributed by atoms with E-state index < -0.39 is 6.03 Å². The molecule has 0 aromatic carbocycles. The fraction of sp³-hybridized carbons (Fsp3) is 0.286. The van der Waals surface area contributed by atoms with Crippen molar-refractivity contribution >= 4 is 17.8 Å². The zero-order valence-electron chi connectivity index (χ0n) is 7.48. The van der Waals surface area contributed by atoms with Crippen LogP contribution in [0.3, 0.4) is 0 Å². The lowest BCUT2D eigenvalue weighted by Crippen LogP contribution is -2.21. The lowest BCUT2D eigenvalue weighted by Gasteiger charge is -2.10. The molecule has 0 aliphatic rings. The van der Waals surface area contributed by atoms with Gasteiger partial charge in [-0.15, -0.1) is 0 Å². The Morgan fingerprint density at radius 1 is 1.62 bits per heavy atom. The molecule has 0 saturated heterocycles. The molecule has 1 aromatic heterocycles. The molecule has 0 radical (unpaired) electrons. The van der Waals surface area contributed by atoms with Crippen LogP contribution in [0, 0.1) is 0 Å². The van der Waals surface area contributed by atoms with E-state index in [2.05, 4.69) is 15.3 Å². The Morgan fingerprint density at radius 2 is 2.31 bits per heavy atom. The van der Waals surface area contributed by atoms with Gasteiger partial charge in [-0.05, 0) is 6.07 Å². The first-order valence-corrected chi connectivity index (χ1v) is 3.66. The summed E-state index contributed by atoms with van der Waals surface area (Å²) in [7, 11) is 3.62. The van der Waals surface area contributed by atoms with Gasteiger partial charge in [-0.25, -0.2) is 9.78 Å². The van der Waals surface area contributed by atoms with Crippen molar-refractivity contribution in [3.63, 3.8) is 0 Å². The van der Waals surface area contributed by atoms with Crippen molar-refractivity contribution in [3.8, 4) is 0 Å². The van der Waals surface area contributed by atoms with E-state index in [-0.39, 0.29) is 0 Å². The summed E-state index contributed by atoms with van der Waals surface area (Å²) in [6.45, 7) is 0. The molecule has 13 heavy (non-hydrogen) atoms. The van der Waals surface area contributed by atoms with Crippen LogP contribution >= 0.6 is 0 Å². The van der Waals surface area contributed by atoms with Crippen LogP contribution in [0.1, 0.15) is 0 Å². The van der Waals surface area contributed by atoms with Crippen LogP contribution in [0.4, 0.5) is 16.6 Å². The standard InChI is InChI=1S/C7H11N5O/c1-12(2)7-9-4-3-5(11-7)10-6(8)13/h3-4H,1-2H3,(H3,8,9,10,11,13). The summed E-state index contributed by atoms with van der Waals surface area (Å²) in [5.74, 6) is 0.914. The molecular weight excluding hydrogens is 170 g/mol. The normalized spacial score (nSPS) is 9.38. The summed E-state index contributed by atoms with van der Waals surface area (Å²) in [5, 5.41) is 2.36. The number of primary amides is 1. The number of carbonyl (C=O) groups excluding carboxylic acids is 1. The molecule has 3 N–H and O–H groups in total. The third-order valence-electron chi connectivity index (χ3n) is 1.29. The number of nitrogens with one attached hydrogen (secondary N) is 1. The first-order valence-electron chi connectivity index (χ1n) is 3.66. The molecule has 70 valence electrons. The Labute approximate surface area is 75.8 Å². The van der Waals surface area contributed by atoms with Crippen LogP contribution < -0.4 is 16.0 Å². The summed E-state index contributed by atoms with van der Waals surface area (Å²) in [6, 6.07) is 0.931. The molecule has 0 bridgehead atoms. The topological polar surface area (TPSA) is 84.1 Å². The Bertz CT molecular complexity index is 312. The zero-order valence-corrected chi connectivity index (χ0v) is 7.48. The van der Waals surface area contributed by atoms with Crippen molar-refractivity contribution < 1.29 is 4.79 Å². The van der Waals surface area contributed by atoms with Crippen molar-refractivity contribution in [3.05, 3.63) is 12.3 Å². The Hall–Kier alpha value is -1.85. The van der Waals surface area contributed by atoms with E-state index in [4.69, 9.17) is 5.73 Å². The van der Waals surface area contributed by atoms with Crippen LogP contribution in [-0.2, 0) is 0 Å². The number of rotatable bonds is 2. The second kappa shape index (κ2) is 3.70. The van der Waals surface area contributed by atoms with Gasteiger partial charge in [-0.1, -0.05) is 0 Å². The maximum absolute atomic E-state index is 10.5. The largest absolute Gasteiger partial charge is 0.351 e. The van der Waals surface area contributed by atoms with Crippen molar-refractivity contribution in [1.82, 2.24) is 9.97 Å². The lowest BCUT2D eigenvalue weighted by molar-refractivity contribution is 0.259. The number of aromatic nitrogens is 2. The number of hydrogen-bond acceptors (Lipinski definition) is 4. The van der Waals surface area contributed by atoms with Crippen LogP contribution in [-0.4, -0.2) is 30.1 Å². The SMILES string of the molecule is CN(C)c1nccc(NC(N)=O)n1. The number of carbonyl (C=O) groups is 1. The van der Waals surface area contributed by atoms with Crippen molar-refractivity contribution in [1.29, 1.82) is 0 Å². The van der Waals surface area contributed by atoms with Crippen molar-refractivity contribution in [2.24, 2.45) is 5.73 Å². The smallest absolute Gasteiger partial charge is 0.317 e. The van der Waals surface area contributed by atoms with Crippen molar-refractivity contribution in [2.45, 2.75) is 0 Å². The minimum atomic E-state index is -0.636. The molecule has 0 aliphatic heterocycles. The number of nitrogens with zero attached hydrogens (tertiary/aromatic N) is 3. The van der Waals surface area contributed by atoms with E-state index in [0.29, 0.717) is 11.8 Å². The number of amides is 2. The average molecular weight is 181 g/mol. The van der Waals surface area contributed by atoms with E-state index in [1.54, 1.807) is 17.2 Å². The van der Waals surface area contributed by atoms with Crippen LogP contribution in [0.25, 0.3) is 0 Å². The fourth-order valence-electron chi connectivity index (χ4n) is 0.760. The summed E-state index contributed by atoms with van der Waals surface area (Å²) in [4.78, 5) is 20.2. The first-order chi connectivity index (χ1) is 6.09. The number of urea groups is 1. The number of anilines is 2. The quantitative estimate of drug-likeness (QED) is 0.674. The third kappa shape index (κ3) is 2.58. The van der Waals surface area contributed by atoms with Crippen LogP contribution in [0.15, 0.2) is 12.3 Å². The second-order valence-corrected chi connectivity index (χ2v) is 2.63. The van der Waals surface area contributed by atoms with Gasteiger partial charge in [0.25, 0.3) is 0 Å². The van der Waals surface area contributed by atoms with E-state index in [1.807, 2.05) is 14.1 Å². The van der Waals surface area contributed by atoms with Crippen LogP contribution in [0.5, 0.6) is 0 Å². The van der Waals surface area contributed by atoms with Gasteiger partial charge in [0.2, 0.25) is 5.95 Å². The minimum Gasteiger partial charge on any atom is -0.351 e. The maximum atomic E-state index is 10.5. The predicted octanol–water partition coefficient (Wildman–Crippen LogP) is 0.0332. The molecule has 0 unspecified atom stereocenters. The number of hydrogen-bond donors (Lipinski definition) is 2. The van der Waals surface area contributed by atoms with Gasteiger partial charge in [0.15, 0.2) is 0 Å². The minimum absolute atomic E-state index is 0.395. The Kier molecular flexibility index (Phi) is 2.63. The van der Waals surface area contributed by atoms with E-state index >= 15 is 0 Å². The summed E-state index contributed by atoms with van der Waals surface area (Å²) in [6.07, 6.45) is 1.55. The van der Waals surface area contributed by atoms with E-state index in [0.717, 1.165) is 0 Å². The monoisotopic (exact) mass is 181 g/mol. The first kappa shape index (κ1) is 9.24. The van der Waals surface area contributed by atoms with Gasteiger partial charge in [0, 0.05) is 20.3 Å². The molecule has 1 aromatic rings. The molecule has 1 rings (SSSR count). The molecule has 0 saturated carbocycles. The highest BCUT2D eigenvalue weighted by atomic mass is 16.2. The Morgan fingerprint density at radius 3 is 2.85 bits per heavy atom. The van der Waals surface area contributed by atoms with E-state index in [1.165, 1.54) is 0 Å². The van der Waals surface area contributed by atoms with Gasteiger partial charge in [-0.3, -0.25) is 5.32 Å². The second-order valence-electron chi connectivity index (χ2n) is 2.63. The fourth-order valence-corrected chi connectivity index (χ4v) is 0.760. The van der Waals surface area contributed by atoms with Gasteiger partial charge in [0.1, 0.15) is 5.82 Å². The zero-order chi connectivity index (χ0) is 9.84. The molecule has 6 heteroatoms. The van der Waals surface area contributed by atoms with Crippen LogP contribution in [0.2, 0.25) is 0 Å². The highest BCUT2D eigenvalue weighted by molar-refractivity contribution is 5.86. The number of nitrogens with two attached hydrogens (primary N) is 1. The van der Waals surface area contributed by atoms with E-state index in [9.17, 15) is 4.79 Å². The molecular formula is C7H11N5O. The average Bonchev–Trinajstić information content (AvgIpc) is 2.03.